The third-order valence-electron chi connectivity index (χ3n) is 4.01. The molecule has 2 amide bonds. The minimum absolute atomic E-state index is 0.405. The highest BCUT2D eigenvalue weighted by Gasteiger charge is 2.20. The number of aryl methyl sites for hydroxylation is 2. The molecule has 26 heavy (non-hydrogen) atoms. The zero-order chi connectivity index (χ0) is 18.8. The zero-order valence-corrected chi connectivity index (χ0v) is 16.2. The van der Waals surface area contributed by atoms with Crippen LogP contribution < -0.4 is 10.9 Å². The normalized spacial score (nSPS) is 10.6. The number of carbonyl (C=O) groups is 2. The molecule has 3 aromatic rings. The number of nitrogens with one attached hydrogen (secondary N) is 2. The number of amides is 2. The lowest BCUT2D eigenvalue weighted by atomic mass is 10.2. The van der Waals surface area contributed by atoms with E-state index in [9.17, 15) is 9.59 Å². The highest BCUT2D eigenvalue weighted by molar-refractivity contribution is 9.10. The Kier molecular flexibility index (Phi) is 4.94. The average Bonchev–Trinajstić information content (AvgIpc) is 3.11. The van der Waals surface area contributed by atoms with E-state index in [2.05, 4.69) is 31.9 Å². The highest BCUT2D eigenvalue weighted by atomic mass is 79.9. The smallest absolute Gasteiger partial charge is 0.286 e. The lowest BCUT2D eigenvalue weighted by Gasteiger charge is -2.09. The summed E-state index contributed by atoms with van der Waals surface area (Å²) in [5.74, 6) is -0.818. The van der Waals surface area contributed by atoms with E-state index in [-0.39, 0.29) is 0 Å². The monoisotopic (exact) mass is 415 g/mol. The summed E-state index contributed by atoms with van der Waals surface area (Å²) in [6.07, 6.45) is 1.76. The number of benzene rings is 1. The Hall–Kier alpha value is -2.87. The Bertz CT molecular complexity index is 975. The van der Waals surface area contributed by atoms with Crippen molar-refractivity contribution in [2.24, 2.45) is 7.05 Å². The van der Waals surface area contributed by atoms with Crippen molar-refractivity contribution in [3.63, 3.8) is 0 Å². The summed E-state index contributed by atoms with van der Waals surface area (Å²) in [7, 11) is 1.75. The van der Waals surface area contributed by atoms with Gasteiger partial charge in [-0.25, -0.2) is 4.68 Å². The second-order valence-corrected chi connectivity index (χ2v) is 6.77. The van der Waals surface area contributed by atoms with Crippen molar-refractivity contribution in [3.05, 3.63) is 69.7 Å². The topological polar surface area (TPSA) is 81.0 Å². The fourth-order valence-corrected chi connectivity index (χ4v) is 3.31. The number of hydrazine groups is 1. The van der Waals surface area contributed by atoms with Crippen LogP contribution in [0.4, 0.5) is 0 Å². The molecule has 0 aliphatic carbocycles. The Morgan fingerprint density at radius 3 is 2.35 bits per heavy atom. The van der Waals surface area contributed by atoms with Crippen molar-refractivity contribution in [1.29, 1.82) is 0 Å². The molecule has 0 saturated carbocycles. The van der Waals surface area contributed by atoms with Crippen LogP contribution in [0, 0.1) is 13.8 Å². The molecule has 0 aliphatic heterocycles. The van der Waals surface area contributed by atoms with Gasteiger partial charge in [-0.3, -0.25) is 20.4 Å². The Labute approximate surface area is 159 Å². The molecule has 2 N–H and O–H groups in total. The number of hydrogen-bond donors (Lipinski definition) is 2. The van der Waals surface area contributed by atoms with Gasteiger partial charge in [-0.2, -0.15) is 5.10 Å². The van der Waals surface area contributed by atoms with E-state index in [0.29, 0.717) is 22.6 Å². The van der Waals surface area contributed by atoms with E-state index in [4.69, 9.17) is 0 Å². The number of rotatable bonds is 3. The number of carbonyl (C=O) groups excluding carboxylic acids is 2. The van der Waals surface area contributed by atoms with Crippen LogP contribution in [0.3, 0.4) is 0 Å². The molecule has 7 nitrogen and oxygen atoms in total. The van der Waals surface area contributed by atoms with E-state index in [1.807, 2.05) is 37.3 Å². The fourth-order valence-electron chi connectivity index (χ4n) is 2.78. The molecule has 2 aromatic heterocycles. The minimum atomic E-state index is -0.413. The molecule has 0 unspecified atom stereocenters. The SMILES string of the molecule is Cc1nn(-c2ccccc2)c(C)c1C(=O)NNC(=O)c1cc(Br)cn1C. The molecular formula is C18H18BrN5O2. The van der Waals surface area contributed by atoms with Crippen LogP contribution in [0.25, 0.3) is 5.69 Å². The van der Waals surface area contributed by atoms with Crippen LogP contribution in [0.15, 0.2) is 47.1 Å². The third kappa shape index (κ3) is 3.41. The predicted molar refractivity (Wildman–Crippen MR) is 101 cm³/mol. The van der Waals surface area contributed by atoms with Gasteiger partial charge in [0.25, 0.3) is 11.8 Å². The maximum Gasteiger partial charge on any atom is 0.286 e. The van der Waals surface area contributed by atoms with Gasteiger partial charge in [0.05, 0.1) is 22.6 Å². The summed E-state index contributed by atoms with van der Waals surface area (Å²) in [5.41, 5.74) is 7.90. The summed E-state index contributed by atoms with van der Waals surface area (Å²) >= 11 is 3.31. The predicted octanol–water partition coefficient (Wildman–Crippen LogP) is 2.66. The van der Waals surface area contributed by atoms with Crippen molar-refractivity contribution < 1.29 is 9.59 Å². The molecule has 2 heterocycles. The number of aromatic nitrogens is 3. The summed E-state index contributed by atoms with van der Waals surface area (Å²) in [5, 5.41) is 4.44. The Balaban J connectivity index is 1.77. The second kappa shape index (κ2) is 7.17. The van der Waals surface area contributed by atoms with Crippen molar-refractivity contribution >= 4 is 27.7 Å². The summed E-state index contributed by atoms with van der Waals surface area (Å²) < 4.78 is 4.16. The first-order chi connectivity index (χ1) is 12.4. The van der Waals surface area contributed by atoms with E-state index in [1.165, 1.54) is 0 Å². The van der Waals surface area contributed by atoms with Crippen LogP contribution in [-0.2, 0) is 7.05 Å². The van der Waals surface area contributed by atoms with Gasteiger partial charge >= 0.3 is 0 Å². The summed E-state index contributed by atoms with van der Waals surface area (Å²) in [6, 6.07) is 11.2. The zero-order valence-electron chi connectivity index (χ0n) is 14.6. The van der Waals surface area contributed by atoms with Gasteiger partial charge in [-0.05, 0) is 48.0 Å². The molecule has 8 heteroatoms. The van der Waals surface area contributed by atoms with Crippen molar-refractivity contribution in [3.8, 4) is 5.69 Å². The number of para-hydroxylation sites is 1. The summed E-state index contributed by atoms with van der Waals surface area (Å²) in [6.45, 7) is 3.58. The molecular weight excluding hydrogens is 398 g/mol. The minimum Gasteiger partial charge on any atom is -0.345 e. The molecule has 1 aromatic carbocycles. The molecule has 0 spiro atoms. The van der Waals surface area contributed by atoms with Gasteiger partial charge in [0.1, 0.15) is 5.69 Å². The molecule has 0 fully saturated rings. The molecule has 134 valence electrons. The van der Waals surface area contributed by atoms with Gasteiger partial charge < -0.3 is 4.57 Å². The molecule has 0 bridgehead atoms. The first-order valence-electron chi connectivity index (χ1n) is 7.92. The molecule has 3 rings (SSSR count). The maximum atomic E-state index is 12.6. The van der Waals surface area contributed by atoms with E-state index >= 15 is 0 Å². The Morgan fingerprint density at radius 2 is 1.73 bits per heavy atom. The maximum absolute atomic E-state index is 12.6. The number of halogens is 1. The summed E-state index contributed by atoms with van der Waals surface area (Å²) in [4.78, 5) is 24.8. The fraction of sp³-hybridized carbons (Fsp3) is 0.167. The van der Waals surface area contributed by atoms with Gasteiger partial charge in [0.15, 0.2) is 0 Å². The van der Waals surface area contributed by atoms with Crippen LogP contribution in [-0.4, -0.2) is 26.2 Å². The lowest BCUT2D eigenvalue weighted by molar-refractivity contribution is 0.0841. The van der Waals surface area contributed by atoms with Crippen LogP contribution in [0.5, 0.6) is 0 Å². The van der Waals surface area contributed by atoms with Gasteiger partial charge in [0, 0.05) is 17.7 Å². The van der Waals surface area contributed by atoms with Crippen LogP contribution in [0.2, 0.25) is 0 Å². The van der Waals surface area contributed by atoms with Crippen LogP contribution in [0.1, 0.15) is 32.2 Å². The van der Waals surface area contributed by atoms with Crippen molar-refractivity contribution in [1.82, 2.24) is 25.2 Å². The average molecular weight is 416 g/mol. The van der Waals surface area contributed by atoms with E-state index in [0.717, 1.165) is 10.2 Å². The number of nitrogens with zero attached hydrogens (tertiary/aromatic N) is 3. The van der Waals surface area contributed by atoms with Crippen molar-refractivity contribution in [2.75, 3.05) is 0 Å². The van der Waals surface area contributed by atoms with Gasteiger partial charge in [-0.1, -0.05) is 18.2 Å². The molecule has 0 atom stereocenters. The Morgan fingerprint density at radius 1 is 1.08 bits per heavy atom. The molecule has 0 aliphatic rings. The first kappa shape index (κ1) is 17.9. The molecule has 0 radical (unpaired) electrons. The first-order valence-corrected chi connectivity index (χ1v) is 8.72. The molecule has 0 saturated heterocycles. The standard InChI is InChI=1S/C18H18BrN5O2/c1-11-16(12(2)24(22-11)14-7-5-4-6-8-14)18(26)21-20-17(25)15-9-13(19)10-23(15)3/h4-10H,1-3H3,(H,20,25)(H,21,26). The number of hydrogen-bond acceptors (Lipinski definition) is 3. The quantitative estimate of drug-likeness (QED) is 0.645. The largest absolute Gasteiger partial charge is 0.345 e. The van der Waals surface area contributed by atoms with Crippen LogP contribution >= 0.6 is 15.9 Å². The van der Waals surface area contributed by atoms with E-state index < -0.39 is 11.8 Å². The third-order valence-corrected chi connectivity index (χ3v) is 4.45. The second-order valence-electron chi connectivity index (χ2n) is 5.86. The highest BCUT2D eigenvalue weighted by Crippen LogP contribution is 2.17. The van der Waals surface area contributed by atoms with Crippen molar-refractivity contribution in [2.45, 2.75) is 13.8 Å². The van der Waals surface area contributed by atoms with E-state index in [1.54, 1.807) is 35.5 Å². The van der Waals surface area contributed by atoms with Gasteiger partial charge in [0.2, 0.25) is 0 Å². The van der Waals surface area contributed by atoms with Gasteiger partial charge in [-0.15, -0.1) is 0 Å². The lowest BCUT2D eigenvalue weighted by Crippen LogP contribution is -2.42.